The fourth-order valence-electron chi connectivity index (χ4n) is 3.65. The molecule has 0 bridgehead atoms. The molecule has 0 saturated carbocycles. The van der Waals surface area contributed by atoms with E-state index in [-0.39, 0.29) is 29.5 Å². The molecule has 33 heavy (non-hydrogen) atoms. The van der Waals surface area contributed by atoms with Crippen LogP contribution < -0.4 is 9.47 Å². The molecular weight excluding hydrogens is 467 g/mol. The predicted octanol–water partition coefficient (Wildman–Crippen LogP) is 6.24. The number of carbonyl (C=O) groups is 1. The number of aryl methyl sites for hydroxylation is 1. The van der Waals surface area contributed by atoms with Crippen molar-refractivity contribution in [2.45, 2.75) is 32.0 Å². The van der Waals surface area contributed by atoms with Crippen molar-refractivity contribution in [2.24, 2.45) is 0 Å². The highest BCUT2D eigenvalue weighted by atomic mass is 32.1. The van der Waals surface area contributed by atoms with Gasteiger partial charge in [0.2, 0.25) is 0 Å². The maximum absolute atomic E-state index is 14.4. The first-order valence-electron chi connectivity index (χ1n) is 9.89. The van der Waals surface area contributed by atoms with Crippen LogP contribution >= 0.6 is 11.3 Å². The first kappa shape index (κ1) is 23.0. The van der Waals surface area contributed by atoms with Gasteiger partial charge in [-0.15, -0.1) is 11.3 Å². The van der Waals surface area contributed by atoms with Gasteiger partial charge < -0.3 is 14.6 Å². The predicted molar refractivity (Wildman–Crippen MR) is 111 cm³/mol. The summed E-state index contributed by atoms with van der Waals surface area (Å²) in [4.78, 5) is 9.75. The Bertz CT molecular complexity index is 1180. The van der Waals surface area contributed by atoms with Gasteiger partial charge in [0.05, 0.1) is 6.61 Å². The van der Waals surface area contributed by atoms with E-state index in [0.717, 1.165) is 17.7 Å². The zero-order valence-electron chi connectivity index (χ0n) is 17.0. The van der Waals surface area contributed by atoms with Gasteiger partial charge in [0, 0.05) is 18.4 Å². The summed E-state index contributed by atoms with van der Waals surface area (Å²) in [6, 6.07) is 6.89. The van der Waals surface area contributed by atoms with Crippen LogP contribution in [0.3, 0.4) is 0 Å². The number of hydrogen-bond acceptors (Lipinski definition) is 4. The molecule has 0 aliphatic carbocycles. The number of rotatable bonds is 7. The Hall–Kier alpha value is -3.14. The Morgan fingerprint density at radius 1 is 1.15 bits per heavy atom. The lowest BCUT2D eigenvalue weighted by molar-refractivity contribution is -0.137. The number of ether oxygens (including phenoxy) is 2. The van der Waals surface area contributed by atoms with Gasteiger partial charge in [-0.25, -0.2) is 8.78 Å². The summed E-state index contributed by atoms with van der Waals surface area (Å²) in [5, 5.41) is 10.1. The Balaban J connectivity index is 1.64. The van der Waals surface area contributed by atoms with Gasteiger partial charge in [0.25, 0.3) is 0 Å². The molecular formula is C23H17F5O4S. The Kier molecular flexibility index (Phi) is 6.29. The van der Waals surface area contributed by atoms with Crippen molar-refractivity contribution in [3.63, 3.8) is 0 Å². The molecule has 1 aliphatic heterocycles. The van der Waals surface area contributed by atoms with Crippen LogP contribution in [0.4, 0.5) is 22.0 Å². The van der Waals surface area contributed by atoms with Gasteiger partial charge >= 0.3 is 12.1 Å². The SMILES string of the molecule is O=C(O)CCc1cc(F)c(OCc2c(-c3ccc4c(c3)CCO4)csc2C(F)(F)F)c(F)c1. The standard InChI is InChI=1S/C23H17F5O4S/c24-17-7-12(1-4-20(29)30)8-18(25)21(17)32-10-15-16(11-33-22(15)23(26,27)28)13-2-3-19-14(9-13)5-6-31-19/h2-3,7-9,11H,1,4-6,10H2,(H,29,30). The molecule has 0 fully saturated rings. The molecule has 1 N–H and O–H groups in total. The number of carboxylic acid groups (broad SMARTS) is 1. The van der Waals surface area contributed by atoms with Crippen LogP contribution in [0.1, 0.15) is 28.0 Å². The summed E-state index contributed by atoms with van der Waals surface area (Å²) in [6.45, 7) is -0.212. The molecule has 0 atom stereocenters. The van der Waals surface area contributed by atoms with Crippen LogP contribution in [-0.4, -0.2) is 17.7 Å². The lowest BCUT2D eigenvalue weighted by Crippen LogP contribution is -2.09. The maximum atomic E-state index is 14.4. The van der Waals surface area contributed by atoms with Crippen molar-refractivity contribution < 1.29 is 41.3 Å². The maximum Gasteiger partial charge on any atom is 0.426 e. The minimum absolute atomic E-state index is 0.0988. The molecule has 0 spiro atoms. The Labute approximate surface area is 189 Å². The van der Waals surface area contributed by atoms with Crippen molar-refractivity contribution >= 4 is 17.3 Å². The molecule has 174 valence electrons. The van der Waals surface area contributed by atoms with Crippen LogP contribution in [0.5, 0.6) is 11.5 Å². The van der Waals surface area contributed by atoms with Gasteiger partial charge in [-0.3, -0.25) is 4.79 Å². The van der Waals surface area contributed by atoms with E-state index < -0.39 is 41.0 Å². The number of fused-ring (bicyclic) bond motifs is 1. The molecule has 10 heteroatoms. The van der Waals surface area contributed by atoms with E-state index in [1.54, 1.807) is 18.2 Å². The number of carboxylic acids is 1. The van der Waals surface area contributed by atoms with E-state index in [2.05, 4.69) is 0 Å². The average molecular weight is 484 g/mol. The largest absolute Gasteiger partial charge is 0.493 e. The van der Waals surface area contributed by atoms with Crippen LogP contribution in [0, 0.1) is 11.6 Å². The third-order valence-corrected chi connectivity index (χ3v) is 6.27. The number of thiophene rings is 1. The second-order valence-electron chi connectivity index (χ2n) is 7.45. The first-order chi connectivity index (χ1) is 15.6. The summed E-state index contributed by atoms with van der Waals surface area (Å²) in [5.41, 5.74) is 1.54. The third kappa shape index (κ3) is 4.95. The summed E-state index contributed by atoms with van der Waals surface area (Å²) in [7, 11) is 0. The smallest absolute Gasteiger partial charge is 0.426 e. The van der Waals surface area contributed by atoms with Gasteiger partial charge in [-0.2, -0.15) is 13.2 Å². The normalized spacial score (nSPS) is 13.0. The lowest BCUT2D eigenvalue weighted by Gasteiger charge is -2.14. The first-order valence-corrected chi connectivity index (χ1v) is 10.8. The molecule has 0 unspecified atom stereocenters. The highest BCUT2D eigenvalue weighted by Gasteiger charge is 2.37. The molecule has 1 aromatic heterocycles. The van der Waals surface area contributed by atoms with E-state index in [1.807, 2.05) is 0 Å². The fraction of sp³-hybridized carbons (Fsp3) is 0.261. The van der Waals surface area contributed by atoms with Crippen molar-refractivity contribution in [1.29, 1.82) is 0 Å². The van der Waals surface area contributed by atoms with Gasteiger partial charge in [-0.05, 0) is 58.3 Å². The van der Waals surface area contributed by atoms with E-state index in [9.17, 15) is 26.7 Å². The quantitative estimate of drug-likeness (QED) is 0.403. The fourth-order valence-corrected chi connectivity index (χ4v) is 4.61. The second kappa shape index (κ2) is 9.01. The lowest BCUT2D eigenvalue weighted by atomic mass is 10.00. The Morgan fingerprint density at radius 3 is 2.55 bits per heavy atom. The van der Waals surface area contributed by atoms with Crippen molar-refractivity contribution in [1.82, 2.24) is 0 Å². The summed E-state index contributed by atoms with van der Waals surface area (Å²) < 4.78 is 80.4. The number of alkyl halides is 3. The van der Waals surface area contributed by atoms with E-state index in [1.165, 1.54) is 5.38 Å². The molecule has 4 nitrogen and oxygen atoms in total. The monoisotopic (exact) mass is 484 g/mol. The van der Waals surface area contributed by atoms with Gasteiger partial charge in [0.1, 0.15) is 17.2 Å². The third-order valence-electron chi connectivity index (χ3n) is 5.20. The number of hydrogen-bond donors (Lipinski definition) is 1. The topological polar surface area (TPSA) is 55.8 Å². The van der Waals surface area contributed by atoms with Crippen LogP contribution in [-0.2, 0) is 30.4 Å². The molecule has 2 aromatic carbocycles. The molecule has 1 aliphatic rings. The van der Waals surface area contributed by atoms with Crippen LogP contribution in [0.2, 0.25) is 0 Å². The molecule has 2 heterocycles. The summed E-state index contributed by atoms with van der Waals surface area (Å²) in [5.74, 6) is -3.50. The zero-order valence-corrected chi connectivity index (χ0v) is 17.8. The van der Waals surface area contributed by atoms with Crippen LogP contribution in [0.25, 0.3) is 11.1 Å². The minimum Gasteiger partial charge on any atom is -0.493 e. The van der Waals surface area contributed by atoms with E-state index in [0.29, 0.717) is 35.7 Å². The van der Waals surface area contributed by atoms with Crippen molar-refractivity contribution in [3.05, 3.63) is 68.9 Å². The molecule has 0 saturated heterocycles. The minimum atomic E-state index is -4.67. The van der Waals surface area contributed by atoms with E-state index in [4.69, 9.17) is 14.6 Å². The molecule has 0 radical (unpaired) electrons. The van der Waals surface area contributed by atoms with E-state index >= 15 is 0 Å². The molecule has 3 aromatic rings. The van der Waals surface area contributed by atoms with Crippen molar-refractivity contribution in [2.75, 3.05) is 6.61 Å². The molecule has 4 rings (SSSR count). The highest BCUT2D eigenvalue weighted by molar-refractivity contribution is 7.10. The highest BCUT2D eigenvalue weighted by Crippen LogP contribution is 2.43. The zero-order chi connectivity index (χ0) is 23.8. The average Bonchev–Trinajstić information content (AvgIpc) is 3.37. The van der Waals surface area contributed by atoms with Crippen molar-refractivity contribution in [3.8, 4) is 22.6 Å². The van der Waals surface area contributed by atoms with Gasteiger partial charge in [-0.1, -0.05) is 6.07 Å². The summed E-state index contributed by atoms with van der Waals surface area (Å²) >= 11 is 0.487. The number of aliphatic carboxylic acids is 1. The molecule has 0 amide bonds. The van der Waals surface area contributed by atoms with Gasteiger partial charge in [0.15, 0.2) is 17.4 Å². The number of halogens is 5. The number of benzene rings is 2. The Morgan fingerprint density at radius 2 is 1.88 bits per heavy atom. The second-order valence-corrected chi connectivity index (χ2v) is 8.33. The van der Waals surface area contributed by atoms with Crippen LogP contribution in [0.15, 0.2) is 35.7 Å². The summed E-state index contributed by atoms with van der Waals surface area (Å²) in [6.07, 6.45) is -4.45.